The molecule has 27 heavy (non-hydrogen) atoms. The number of nitrogens with zero attached hydrogens (tertiary/aromatic N) is 2. The Morgan fingerprint density at radius 1 is 1.37 bits per heavy atom. The molecule has 4 amide bonds. The van der Waals surface area contributed by atoms with Crippen molar-refractivity contribution < 1.29 is 14.4 Å². The van der Waals surface area contributed by atoms with Gasteiger partial charge in [0.1, 0.15) is 5.54 Å². The molecule has 0 atom stereocenters. The van der Waals surface area contributed by atoms with Crippen molar-refractivity contribution in [2.75, 3.05) is 5.75 Å². The second kappa shape index (κ2) is 7.12. The van der Waals surface area contributed by atoms with E-state index in [-0.39, 0.29) is 11.7 Å². The molecule has 2 heterocycles. The number of para-hydroxylation sites is 1. The topological polar surface area (TPSA) is 91.4 Å². The van der Waals surface area contributed by atoms with Crippen molar-refractivity contribution in [3.8, 4) is 0 Å². The van der Waals surface area contributed by atoms with Crippen LogP contribution in [0.4, 0.5) is 4.79 Å². The number of urea groups is 1. The summed E-state index contributed by atoms with van der Waals surface area (Å²) in [6.45, 7) is 2.15. The third-order valence-electron chi connectivity index (χ3n) is 5.13. The third kappa shape index (κ3) is 3.53. The second-order valence-corrected chi connectivity index (χ2v) is 9.36. The molecule has 1 saturated heterocycles. The Kier molecular flexibility index (Phi) is 4.81. The second-order valence-electron chi connectivity index (χ2n) is 7.11. The van der Waals surface area contributed by atoms with Crippen LogP contribution >= 0.6 is 23.1 Å². The fraction of sp³-hybridized carbons (Fsp3) is 0.444. The summed E-state index contributed by atoms with van der Waals surface area (Å²) in [6.07, 6.45) is 3.01. The number of fused-ring (bicyclic) bond motifs is 1. The highest BCUT2D eigenvalue weighted by atomic mass is 32.2. The van der Waals surface area contributed by atoms with Crippen molar-refractivity contribution in [3.05, 3.63) is 24.3 Å². The van der Waals surface area contributed by atoms with E-state index in [2.05, 4.69) is 22.7 Å². The lowest BCUT2D eigenvalue weighted by atomic mass is 9.77. The Bertz CT molecular complexity index is 872. The maximum atomic E-state index is 12.7. The van der Waals surface area contributed by atoms with Crippen LogP contribution in [-0.2, 0) is 9.59 Å². The summed E-state index contributed by atoms with van der Waals surface area (Å²) in [7, 11) is 0. The van der Waals surface area contributed by atoms with Gasteiger partial charge in [0.25, 0.3) is 5.91 Å². The lowest BCUT2D eigenvalue weighted by Gasteiger charge is -2.33. The SMILES string of the molecule is CC1CCC2(CC1)NC(=O)N(NC(=O)CSc1nc3ccccc3s1)C2=O. The highest BCUT2D eigenvalue weighted by Crippen LogP contribution is 2.36. The number of hydrogen-bond acceptors (Lipinski definition) is 6. The van der Waals surface area contributed by atoms with E-state index in [1.807, 2.05) is 24.3 Å². The monoisotopic (exact) mass is 404 g/mol. The van der Waals surface area contributed by atoms with E-state index in [0.717, 1.165) is 32.4 Å². The Morgan fingerprint density at radius 3 is 2.85 bits per heavy atom. The molecule has 9 heteroatoms. The van der Waals surface area contributed by atoms with Crippen LogP contribution in [0.2, 0.25) is 0 Å². The van der Waals surface area contributed by atoms with Gasteiger partial charge in [-0.2, -0.15) is 5.01 Å². The molecule has 2 aromatic rings. The summed E-state index contributed by atoms with van der Waals surface area (Å²) in [5, 5.41) is 3.64. The number of nitrogens with one attached hydrogen (secondary N) is 2. The van der Waals surface area contributed by atoms with Crippen LogP contribution in [0.25, 0.3) is 10.2 Å². The Labute approximate surface area is 164 Å². The normalized spacial score (nSPS) is 25.2. The molecule has 1 aliphatic carbocycles. The summed E-state index contributed by atoms with van der Waals surface area (Å²) in [5.74, 6) is -0.114. The van der Waals surface area contributed by atoms with E-state index in [1.54, 1.807) is 0 Å². The van der Waals surface area contributed by atoms with E-state index in [9.17, 15) is 14.4 Å². The molecule has 0 bridgehead atoms. The fourth-order valence-electron chi connectivity index (χ4n) is 3.51. The first-order valence-electron chi connectivity index (χ1n) is 8.91. The lowest BCUT2D eigenvalue weighted by Crippen LogP contribution is -2.51. The van der Waals surface area contributed by atoms with E-state index in [1.165, 1.54) is 23.1 Å². The molecule has 142 valence electrons. The summed E-state index contributed by atoms with van der Waals surface area (Å²) in [5.41, 5.74) is 2.50. The quantitative estimate of drug-likeness (QED) is 0.604. The van der Waals surface area contributed by atoms with Crippen LogP contribution in [-0.4, -0.2) is 39.1 Å². The number of thiazole rings is 1. The number of benzene rings is 1. The van der Waals surface area contributed by atoms with Crippen molar-refractivity contribution in [2.24, 2.45) is 5.92 Å². The summed E-state index contributed by atoms with van der Waals surface area (Å²) >= 11 is 2.81. The standard InChI is InChI=1S/C18H20N4O3S2/c1-11-6-8-18(9-7-11)15(24)22(16(25)20-18)21-14(23)10-26-17-19-12-4-2-3-5-13(12)27-17/h2-5,11H,6-10H2,1H3,(H,20,25)(H,21,23). The van der Waals surface area contributed by atoms with Gasteiger partial charge in [-0.15, -0.1) is 11.3 Å². The molecule has 7 nitrogen and oxygen atoms in total. The third-order valence-corrected chi connectivity index (χ3v) is 7.31. The van der Waals surface area contributed by atoms with Gasteiger partial charge < -0.3 is 5.32 Å². The molecule has 2 fully saturated rings. The summed E-state index contributed by atoms with van der Waals surface area (Å²) in [6, 6.07) is 7.22. The predicted molar refractivity (Wildman–Crippen MR) is 104 cm³/mol. The molecule has 1 aliphatic heterocycles. The van der Waals surface area contributed by atoms with E-state index in [0.29, 0.717) is 18.8 Å². The predicted octanol–water partition coefficient (Wildman–Crippen LogP) is 2.92. The highest BCUT2D eigenvalue weighted by Gasteiger charge is 2.52. The number of imide groups is 1. The van der Waals surface area contributed by atoms with Crippen molar-refractivity contribution in [1.82, 2.24) is 20.7 Å². The van der Waals surface area contributed by atoms with Gasteiger partial charge in [0.15, 0.2) is 4.34 Å². The summed E-state index contributed by atoms with van der Waals surface area (Å²) in [4.78, 5) is 41.7. The van der Waals surface area contributed by atoms with Crippen molar-refractivity contribution >= 4 is 51.2 Å². The molecule has 0 unspecified atom stereocenters. The smallest absolute Gasteiger partial charge is 0.322 e. The van der Waals surface area contributed by atoms with E-state index in [4.69, 9.17) is 0 Å². The molecule has 1 spiro atoms. The van der Waals surface area contributed by atoms with Gasteiger partial charge in [0, 0.05) is 0 Å². The zero-order chi connectivity index (χ0) is 19.0. The molecule has 4 rings (SSSR count). The Hall–Kier alpha value is -2.13. The molecule has 1 saturated carbocycles. The van der Waals surface area contributed by atoms with E-state index >= 15 is 0 Å². The number of amides is 4. The maximum Gasteiger partial charge on any atom is 0.344 e. The fourth-order valence-corrected chi connectivity index (χ4v) is 5.37. The van der Waals surface area contributed by atoms with Crippen LogP contribution < -0.4 is 10.7 Å². The lowest BCUT2D eigenvalue weighted by molar-refractivity contribution is -0.139. The molecule has 0 radical (unpaired) electrons. The van der Waals surface area contributed by atoms with Gasteiger partial charge in [-0.1, -0.05) is 30.8 Å². The van der Waals surface area contributed by atoms with E-state index < -0.39 is 17.5 Å². The molecule has 2 N–H and O–H groups in total. The van der Waals surface area contributed by atoms with Gasteiger partial charge >= 0.3 is 6.03 Å². The number of rotatable bonds is 4. The Balaban J connectivity index is 1.36. The van der Waals surface area contributed by atoms with Crippen LogP contribution in [0.15, 0.2) is 28.6 Å². The van der Waals surface area contributed by atoms with Gasteiger partial charge in [0.2, 0.25) is 5.91 Å². The van der Waals surface area contributed by atoms with Crippen molar-refractivity contribution in [1.29, 1.82) is 0 Å². The highest BCUT2D eigenvalue weighted by molar-refractivity contribution is 8.01. The minimum absolute atomic E-state index is 0.0842. The van der Waals surface area contributed by atoms with Crippen molar-refractivity contribution in [2.45, 2.75) is 42.5 Å². The minimum atomic E-state index is -0.850. The molecule has 2 aliphatic rings. The first-order valence-corrected chi connectivity index (χ1v) is 10.7. The average Bonchev–Trinajstić information content (AvgIpc) is 3.17. The van der Waals surface area contributed by atoms with Gasteiger partial charge in [-0.25, -0.2) is 9.78 Å². The van der Waals surface area contributed by atoms with Crippen LogP contribution in [0, 0.1) is 5.92 Å². The average molecular weight is 405 g/mol. The first-order chi connectivity index (χ1) is 13.0. The number of carbonyl (C=O) groups is 3. The van der Waals surface area contributed by atoms with Crippen LogP contribution in [0.1, 0.15) is 32.6 Å². The number of thioether (sulfide) groups is 1. The number of hydrazine groups is 1. The molecule has 1 aromatic carbocycles. The number of carbonyl (C=O) groups excluding carboxylic acids is 3. The Morgan fingerprint density at radius 2 is 2.11 bits per heavy atom. The summed E-state index contributed by atoms with van der Waals surface area (Å²) < 4.78 is 1.84. The number of hydrogen-bond donors (Lipinski definition) is 2. The van der Waals surface area contributed by atoms with Gasteiger partial charge in [0.05, 0.1) is 16.0 Å². The van der Waals surface area contributed by atoms with Crippen molar-refractivity contribution in [3.63, 3.8) is 0 Å². The minimum Gasteiger partial charge on any atom is -0.322 e. The van der Waals surface area contributed by atoms with Crippen LogP contribution in [0.3, 0.4) is 0 Å². The maximum absolute atomic E-state index is 12.7. The zero-order valence-corrected chi connectivity index (χ0v) is 16.5. The zero-order valence-electron chi connectivity index (χ0n) is 14.9. The largest absolute Gasteiger partial charge is 0.344 e. The molecular weight excluding hydrogens is 384 g/mol. The van der Waals surface area contributed by atoms with Gasteiger partial charge in [-0.3, -0.25) is 15.0 Å². The molecular formula is C18H20N4O3S2. The first kappa shape index (κ1) is 18.2. The van der Waals surface area contributed by atoms with Crippen LogP contribution in [0.5, 0.6) is 0 Å². The molecule has 1 aromatic heterocycles. The van der Waals surface area contributed by atoms with Gasteiger partial charge in [-0.05, 0) is 43.7 Å². The number of aromatic nitrogens is 1.